The van der Waals surface area contributed by atoms with Crippen LogP contribution in [0.15, 0.2) is 60.8 Å². The third kappa shape index (κ3) is 3.45. The molecule has 0 aliphatic rings. The molecule has 0 aliphatic carbocycles. The highest BCUT2D eigenvalue weighted by molar-refractivity contribution is 6.30. The van der Waals surface area contributed by atoms with Gasteiger partial charge in [-0.15, -0.1) is 0 Å². The normalized spacial score (nSPS) is 10.8. The fraction of sp³-hybridized carbons (Fsp3) is 0.105. The number of hydrogen-bond acceptors (Lipinski definition) is 5. The lowest BCUT2D eigenvalue weighted by molar-refractivity contribution is 0.786. The third-order valence-corrected chi connectivity index (χ3v) is 4.21. The Labute approximate surface area is 155 Å². The van der Waals surface area contributed by atoms with Crippen molar-refractivity contribution in [2.45, 2.75) is 6.54 Å². The number of aromatic nitrogens is 4. The summed E-state index contributed by atoms with van der Waals surface area (Å²) in [6.07, 6.45) is 1.77. The number of halogens is 1. The summed E-state index contributed by atoms with van der Waals surface area (Å²) in [5, 5.41) is 12.4. The van der Waals surface area contributed by atoms with Crippen molar-refractivity contribution >= 4 is 40.1 Å². The molecule has 26 heavy (non-hydrogen) atoms. The summed E-state index contributed by atoms with van der Waals surface area (Å²) in [4.78, 5) is 9.20. The molecule has 0 radical (unpaired) electrons. The minimum absolute atomic E-state index is 0.485. The first-order valence-corrected chi connectivity index (χ1v) is 8.57. The number of fused-ring (bicyclic) bond motifs is 1. The van der Waals surface area contributed by atoms with Crippen molar-refractivity contribution in [3.05, 3.63) is 71.4 Å². The predicted molar refractivity (Wildman–Crippen MR) is 105 cm³/mol. The smallest absolute Gasteiger partial charge is 0.231 e. The van der Waals surface area contributed by atoms with Crippen LogP contribution in [0.25, 0.3) is 11.0 Å². The van der Waals surface area contributed by atoms with E-state index in [9.17, 15) is 0 Å². The van der Waals surface area contributed by atoms with Crippen LogP contribution in [-0.4, -0.2) is 19.7 Å². The van der Waals surface area contributed by atoms with Crippen LogP contribution in [0, 0.1) is 0 Å². The van der Waals surface area contributed by atoms with Gasteiger partial charge in [0.25, 0.3) is 0 Å². The number of rotatable bonds is 5. The Bertz CT molecular complexity index is 1040. The quantitative estimate of drug-likeness (QED) is 0.550. The largest absolute Gasteiger partial charge is 0.365 e. The molecule has 0 bridgehead atoms. The van der Waals surface area contributed by atoms with Gasteiger partial charge in [0.2, 0.25) is 5.95 Å². The van der Waals surface area contributed by atoms with E-state index in [1.807, 2.05) is 49.5 Å². The molecule has 2 aromatic heterocycles. The van der Waals surface area contributed by atoms with Crippen molar-refractivity contribution in [3.63, 3.8) is 0 Å². The van der Waals surface area contributed by atoms with E-state index in [2.05, 4.69) is 37.8 Å². The molecule has 4 aromatic rings. The molecule has 0 aliphatic heterocycles. The summed E-state index contributed by atoms with van der Waals surface area (Å²) >= 11 is 6.06. The first kappa shape index (κ1) is 16.4. The molecule has 0 atom stereocenters. The average molecular weight is 365 g/mol. The molecular formula is C19H17ClN6. The van der Waals surface area contributed by atoms with Crippen LogP contribution >= 0.6 is 11.6 Å². The lowest BCUT2D eigenvalue weighted by atomic mass is 10.2. The van der Waals surface area contributed by atoms with Crippen molar-refractivity contribution in [2.75, 3.05) is 10.6 Å². The van der Waals surface area contributed by atoms with Crippen molar-refractivity contribution in [3.8, 4) is 0 Å². The van der Waals surface area contributed by atoms with Gasteiger partial charge in [0.05, 0.1) is 11.6 Å². The van der Waals surface area contributed by atoms with Crippen molar-refractivity contribution in [1.82, 2.24) is 19.7 Å². The summed E-state index contributed by atoms with van der Waals surface area (Å²) in [6.45, 7) is 0.665. The molecule has 4 rings (SSSR count). The predicted octanol–water partition coefficient (Wildman–Crippen LogP) is 4.37. The second-order valence-corrected chi connectivity index (χ2v) is 6.31. The molecule has 6 nitrogen and oxygen atoms in total. The van der Waals surface area contributed by atoms with Crippen LogP contribution in [0.3, 0.4) is 0 Å². The van der Waals surface area contributed by atoms with Crippen LogP contribution in [0.2, 0.25) is 5.02 Å². The maximum Gasteiger partial charge on any atom is 0.231 e. The SMILES string of the molecule is Cn1ncc2c(NCc3ccccc3)nc(Nc3cccc(Cl)c3)nc21. The molecule has 2 heterocycles. The fourth-order valence-corrected chi connectivity index (χ4v) is 2.88. The Morgan fingerprint density at radius 3 is 2.69 bits per heavy atom. The summed E-state index contributed by atoms with van der Waals surface area (Å²) in [6, 6.07) is 17.6. The van der Waals surface area contributed by atoms with Crippen LogP contribution in [0.1, 0.15) is 5.56 Å². The third-order valence-electron chi connectivity index (χ3n) is 3.98. The van der Waals surface area contributed by atoms with E-state index < -0.39 is 0 Å². The van der Waals surface area contributed by atoms with E-state index in [1.54, 1.807) is 10.9 Å². The standard InChI is InChI=1S/C19H17ClN6/c1-26-18-16(12-22-26)17(21-11-13-6-3-2-4-7-13)24-19(25-18)23-15-9-5-8-14(20)10-15/h2-10,12H,11H2,1H3,(H2,21,23,24,25). The Kier molecular flexibility index (Phi) is 4.41. The zero-order valence-electron chi connectivity index (χ0n) is 14.1. The second kappa shape index (κ2) is 7.01. The van der Waals surface area contributed by atoms with Gasteiger partial charge in [-0.2, -0.15) is 15.1 Å². The van der Waals surface area contributed by atoms with Gasteiger partial charge in [0, 0.05) is 24.3 Å². The van der Waals surface area contributed by atoms with Gasteiger partial charge < -0.3 is 10.6 Å². The van der Waals surface area contributed by atoms with E-state index >= 15 is 0 Å². The first-order chi connectivity index (χ1) is 12.7. The van der Waals surface area contributed by atoms with Gasteiger partial charge in [-0.05, 0) is 23.8 Å². The summed E-state index contributed by atoms with van der Waals surface area (Å²) in [7, 11) is 1.86. The second-order valence-electron chi connectivity index (χ2n) is 5.88. The van der Waals surface area contributed by atoms with E-state index in [-0.39, 0.29) is 0 Å². The fourth-order valence-electron chi connectivity index (χ4n) is 2.69. The Morgan fingerprint density at radius 1 is 1.04 bits per heavy atom. The van der Waals surface area contributed by atoms with Crippen LogP contribution in [0.4, 0.5) is 17.5 Å². The summed E-state index contributed by atoms with van der Waals surface area (Å²) in [5.41, 5.74) is 2.75. The highest BCUT2D eigenvalue weighted by Gasteiger charge is 2.12. The molecule has 2 aromatic carbocycles. The monoisotopic (exact) mass is 364 g/mol. The van der Waals surface area contributed by atoms with Crippen LogP contribution < -0.4 is 10.6 Å². The average Bonchev–Trinajstić information content (AvgIpc) is 3.02. The lowest BCUT2D eigenvalue weighted by Crippen LogP contribution is -2.06. The van der Waals surface area contributed by atoms with Crippen LogP contribution in [-0.2, 0) is 13.6 Å². The lowest BCUT2D eigenvalue weighted by Gasteiger charge is -2.10. The maximum absolute atomic E-state index is 6.06. The van der Waals surface area contributed by atoms with E-state index in [1.165, 1.54) is 5.56 Å². The summed E-state index contributed by atoms with van der Waals surface area (Å²) in [5.74, 6) is 1.22. The number of hydrogen-bond donors (Lipinski definition) is 2. The van der Waals surface area contributed by atoms with Gasteiger partial charge in [0.15, 0.2) is 5.65 Å². The molecule has 0 unspecified atom stereocenters. The number of aryl methyl sites for hydroxylation is 1. The Hall–Kier alpha value is -3.12. The molecule has 0 amide bonds. The molecule has 0 saturated heterocycles. The first-order valence-electron chi connectivity index (χ1n) is 8.19. The van der Waals surface area contributed by atoms with Gasteiger partial charge in [-0.1, -0.05) is 48.0 Å². The van der Waals surface area contributed by atoms with E-state index in [4.69, 9.17) is 11.6 Å². The van der Waals surface area contributed by atoms with Crippen LogP contribution in [0.5, 0.6) is 0 Å². The maximum atomic E-state index is 6.06. The topological polar surface area (TPSA) is 67.7 Å². The Balaban J connectivity index is 1.67. The minimum atomic E-state index is 0.485. The number of anilines is 3. The Morgan fingerprint density at radius 2 is 1.88 bits per heavy atom. The molecule has 0 fully saturated rings. The highest BCUT2D eigenvalue weighted by Crippen LogP contribution is 2.24. The molecule has 7 heteroatoms. The number of nitrogens with one attached hydrogen (secondary N) is 2. The number of benzene rings is 2. The summed E-state index contributed by atoms with van der Waals surface area (Å²) < 4.78 is 1.73. The van der Waals surface area contributed by atoms with Crippen molar-refractivity contribution < 1.29 is 0 Å². The zero-order valence-corrected chi connectivity index (χ0v) is 14.9. The zero-order chi connectivity index (χ0) is 17.9. The van der Waals surface area contributed by atoms with Crippen molar-refractivity contribution in [2.24, 2.45) is 7.05 Å². The molecular weight excluding hydrogens is 348 g/mol. The number of nitrogens with zero attached hydrogens (tertiary/aromatic N) is 4. The van der Waals surface area contributed by atoms with Gasteiger partial charge in [-0.3, -0.25) is 4.68 Å². The van der Waals surface area contributed by atoms with Crippen molar-refractivity contribution in [1.29, 1.82) is 0 Å². The van der Waals surface area contributed by atoms with E-state index in [0.717, 1.165) is 22.5 Å². The van der Waals surface area contributed by atoms with Gasteiger partial charge >= 0.3 is 0 Å². The highest BCUT2D eigenvalue weighted by atomic mass is 35.5. The van der Waals surface area contributed by atoms with Gasteiger partial charge in [0.1, 0.15) is 5.82 Å². The van der Waals surface area contributed by atoms with E-state index in [0.29, 0.717) is 17.5 Å². The molecule has 130 valence electrons. The molecule has 0 saturated carbocycles. The molecule has 2 N–H and O–H groups in total. The van der Waals surface area contributed by atoms with Gasteiger partial charge in [-0.25, -0.2) is 0 Å². The molecule has 0 spiro atoms. The minimum Gasteiger partial charge on any atom is -0.365 e.